The average Bonchev–Trinajstić information content (AvgIpc) is 3.05. The minimum atomic E-state index is -0.187. The Hall–Kier alpha value is -2.73. The number of amides is 1. The van der Waals surface area contributed by atoms with E-state index in [2.05, 4.69) is 30.8 Å². The Kier molecular flexibility index (Phi) is 4.93. The molecule has 134 valence electrons. The molecule has 1 fully saturated rings. The van der Waals surface area contributed by atoms with E-state index < -0.39 is 0 Å². The van der Waals surface area contributed by atoms with Gasteiger partial charge in [0.1, 0.15) is 0 Å². The molecule has 0 atom stereocenters. The third kappa shape index (κ3) is 3.60. The summed E-state index contributed by atoms with van der Waals surface area (Å²) in [5, 5.41) is 2.96. The van der Waals surface area contributed by atoms with E-state index in [1.807, 2.05) is 18.2 Å². The Bertz CT molecular complexity index is 884. The summed E-state index contributed by atoms with van der Waals surface area (Å²) in [7, 11) is 0. The van der Waals surface area contributed by atoms with Crippen LogP contribution in [0.25, 0.3) is 11.0 Å². The van der Waals surface area contributed by atoms with Crippen molar-refractivity contribution < 1.29 is 4.79 Å². The van der Waals surface area contributed by atoms with E-state index in [0.29, 0.717) is 11.5 Å². The van der Waals surface area contributed by atoms with Crippen LogP contribution in [-0.2, 0) is 6.54 Å². The third-order valence-corrected chi connectivity index (χ3v) is 4.89. The number of likely N-dealkylation sites (tertiary alicyclic amines) is 1. The number of piperidine rings is 1. The highest BCUT2D eigenvalue weighted by molar-refractivity contribution is 6.03. The molecule has 0 bridgehead atoms. The summed E-state index contributed by atoms with van der Waals surface area (Å²) in [4.78, 5) is 23.7. The minimum absolute atomic E-state index is 0.187. The van der Waals surface area contributed by atoms with Crippen LogP contribution in [0.3, 0.4) is 0 Å². The Balaban J connectivity index is 1.57. The van der Waals surface area contributed by atoms with Gasteiger partial charge in [-0.1, -0.05) is 18.6 Å². The van der Waals surface area contributed by atoms with Crippen LogP contribution in [0.15, 0.2) is 48.8 Å². The quantitative estimate of drug-likeness (QED) is 0.768. The molecule has 0 unspecified atom stereocenters. The Labute approximate surface area is 152 Å². The largest absolute Gasteiger partial charge is 0.309 e. The van der Waals surface area contributed by atoms with Gasteiger partial charge in [-0.3, -0.25) is 15.1 Å². The van der Waals surface area contributed by atoms with E-state index in [1.54, 1.807) is 24.5 Å². The van der Waals surface area contributed by atoms with Gasteiger partial charge in [-0.15, -0.1) is 0 Å². The summed E-state index contributed by atoms with van der Waals surface area (Å²) in [5.41, 5.74) is 2.47. The molecule has 1 N–H and O–H groups in total. The first-order valence-corrected chi connectivity index (χ1v) is 9.20. The molecule has 1 aliphatic heterocycles. The van der Waals surface area contributed by atoms with Gasteiger partial charge < -0.3 is 9.47 Å². The van der Waals surface area contributed by atoms with Gasteiger partial charge in [-0.25, -0.2) is 4.98 Å². The van der Waals surface area contributed by atoms with E-state index in [9.17, 15) is 4.79 Å². The number of pyridine rings is 1. The first kappa shape index (κ1) is 16.7. The monoisotopic (exact) mass is 349 g/mol. The van der Waals surface area contributed by atoms with Crippen LogP contribution >= 0.6 is 0 Å². The maximum absolute atomic E-state index is 12.5. The lowest BCUT2D eigenvalue weighted by Gasteiger charge is -2.26. The number of hydrogen-bond acceptors (Lipinski definition) is 4. The van der Waals surface area contributed by atoms with Crippen molar-refractivity contribution in [3.63, 3.8) is 0 Å². The molecule has 1 aromatic carbocycles. The topological polar surface area (TPSA) is 63.1 Å². The highest BCUT2D eigenvalue weighted by atomic mass is 16.1. The molecule has 3 aromatic rings. The lowest BCUT2D eigenvalue weighted by Crippen LogP contribution is -2.32. The van der Waals surface area contributed by atoms with Gasteiger partial charge >= 0.3 is 0 Å². The van der Waals surface area contributed by atoms with E-state index in [1.165, 1.54) is 19.3 Å². The second kappa shape index (κ2) is 7.66. The molecule has 6 heteroatoms. The first-order valence-electron chi connectivity index (χ1n) is 9.20. The molecule has 3 heterocycles. The van der Waals surface area contributed by atoms with E-state index >= 15 is 0 Å². The number of benzene rings is 1. The van der Waals surface area contributed by atoms with Crippen LogP contribution in [0.1, 0.15) is 29.6 Å². The SMILES string of the molecule is O=C(Nc1nc2ccccc2n1CCN1CCCCC1)c1cccnc1. The molecular formula is C20H23N5O. The van der Waals surface area contributed by atoms with Crippen LogP contribution in [0.2, 0.25) is 0 Å². The van der Waals surface area contributed by atoms with Gasteiger partial charge in [0, 0.05) is 25.5 Å². The lowest BCUT2D eigenvalue weighted by atomic mass is 10.1. The standard InChI is InChI=1S/C20H23N5O/c26-19(16-7-6-10-21-15-16)23-20-22-17-8-2-3-9-18(17)25(20)14-13-24-11-4-1-5-12-24/h2-3,6-10,15H,1,4-5,11-14H2,(H,22,23,26). The number of fused-ring (bicyclic) bond motifs is 1. The average molecular weight is 349 g/mol. The predicted molar refractivity (Wildman–Crippen MR) is 102 cm³/mol. The fourth-order valence-corrected chi connectivity index (χ4v) is 3.49. The molecule has 1 amide bonds. The number of anilines is 1. The number of hydrogen-bond donors (Lipinski definition) is 1. The summed E-state index contributed by atoms with van der Waals surface area (Å²) in [6.07, 6.45) is 7.10. The number of carbonyl (C=O) groups excluding carboxylic acids is 1. The second-order valence-corrected chi connectivity index (χ2v) is 6.67. The number of imidazole rings is 1. The van der Waals surface area contributed by atoms with Gasteiger partial charge in [-0.05, 0) is 50.2 Å². The van der Waals surface area contributed by atoms with Crippen molar-refractivity contribution in [2.45, 2.75) is 25.8 Å². The van der Waals surface area contributed by atoms with Gasteiger partial charge in [0.25, 0.3) is 5.91 Å². The number of rotatable bonds is 5. The van der Waals surface area contributed by atoms with Crippen molar-refractivity contribution in [3.8, 4) is 0 Å². The Morgan fingerprint density at radius 2 is 1.88 bits per heavy atom. The predicted octanol–water partition coefficient (Wildman–Crippen LogP) is 3.17. The maximum Gasteiger partial charge on any atom is 0.259 e. The van der Waals surface area contributed by atoms with Crippen LogP contribution < -0.4 is 5.32 Å². The molecule has 0 spiro atoms. The molecular weight excluding hydrogens is 326 g/mol. The number of nitrogens with zero attached hydrogens (tertiary/aromatic N) is 4. The molecule has 1 aliphatic rings. The van der Waals surface area contributed by atoms with Gasteiger partial charge in [-0.2, -0.15) is 0 Å². The second-order valence-electron chi connectivity index (χ2n) is 6.67. The summed E-state index contributed by atoms with van der Waals surface area (Å²) in [6, 6.07) is 11.5. The molecule has 0 aliphatic carbocycles. The van der Waals surface area contributed by atoms with Crippen molar-refractivity contribution >= 4 is 22.9 Å². The summed E-state index contributed by atoms with van der Waals surface area (Å²) in [5.74, 6) is 0.407. The molecule has 2 aromatic heterocycles. The first-order chi connectivity index (χ1) is 12.8. The van der Waals surface area contributed by atoms with E-state index in [4.69, 9.17) is 0 Å². The van der Waals surface area contributed by atoms with Gasteiger partial charge in [0.15, 0.2) is 0 Å². The van der Waals surface area contributed by atoms with Crippen molar-refractivity contribution in [1.82, 2.24) is 19.4 Å². The normalized spacial score (nSPS) is 15.2. The third-order valence-electron chi connectivity index (χ3n) is 4.89. The van der Waals surface area contributed by atoms with Gasteiger partial charge in [0.05, 0.1) is 16.6 Å². The fraction of sp³-hybridized carbons (Fsp3) is 0.350. The molecule has 0 radical (unpaired) electrons. The number of nitrogens with one attached hydrogen (secondary N) is 1. The van der Waals surface area contributed by atoms with Crippen molar-refractivity contribution in [2.75, 3.05) is 25.0 Å². The molecule has 6 nitrogen and oxygen atoms in total. The number of carbonyl (C=O) groups is 1. The van der Waals surface area contributed by atoms with Crippen LogP contribution in [-0.4, -0.2) is 45.0 Å². The smallest absolute Gasteiger partial charge is 0.259 e. The zero-order chi connectivity index (χ0) is 17.8. The zero-order valence-corrected chi connectivity index (χ0v) is 14.8. The van der Waals surface area contributed by atoms with Crippen LogP contribution in [0.4, 0.5) is 5.95 Å². The fourth-order valence-electron chi connectivity index (χ4n) is 3.49. The van der Waals surface area contributed by atoms with Crippen molar-refractivity contribution in [1.29, 1.82) is 0 Å². The summed E-state index contributed by atoms with van der Waals surface area (Å²) < 4.78 is 2.11. The molecule has 1 saturated heterocycles. The van der Waals surface area contributed by atoms with Crippen LogP contribution in [0.5, 0.6) is 0 Å². The van der Waals surface area contributed by atoms with Crippen LogP contribution in [0, 0.1) is 0 Å². The summed E-state index contributed by atoms with van der Waals surface area (Å²) >= 11 is 0. The van der Waals surface area contributed by atoms with E-state index in [-0.39, 0.29) is 5.91 Å². The van der Waals surface area contributed by atoms with E-state index in [0.717, 1.165) is 37.2 Å². The van der Waals surface area contributed by atoms with Gasteiger partial charge in [0.2, 0.25) is 5.95 Å². The Morgan fingerprint density at radius 3 is 2.69 bits per heavy atom. The zero-order valence-electron chi connectivity index (χ0n) is 14.8. The number of para-hydroxylation sites is 2. The van der Waals surface area contributed by atoms with Crippen molar-refractivity contribution in [2.24, 2.45) is 0 Å². The molecule has 26 heavy (non-hydrogen) atoms. The number of aromatic nitrogens is 3. The highest BCUT2D eigenvalue weighted by Gasteiger charge is 2.16. The minimum Gasteiger partial charge on any atom is -0.309 e. The maximum atomic E-state index is 12.5. The molecule has 0 saturated carbocycles. The molecule has 4 rings (SSSR count). The lowest BCUT2D eigenvalue weighted by molar-refractivity contribution is 0.102. The van der Waals surface area contributed by atoms with Crippen molar-refractivity contribution in [3.05, 3.63) is 54.4 Å². The Morgan fingerprint density at radius 1 is 1.04 bits per heavy atom. The summed E-state index contributed by atoms with van der Waals surface area (Å²) in [6.45, 7) is 4.09. The highest BCUT2D eigenvalue weighted by Crippen LogP contribution is 2.20.